The van der Waals surface area contributed by atoms with Crippen molar-refractivity contribution < 1.29 is 8.42 Å². The van der Waals surface area contributed by atoms with Crippen LogP contribution in [-0.2, 0) is 10.0 Å². The van der Waals surface area contributed by atoms with Crippen LogP contribution in [0, 0.1) is 0 Å². The van der Waals surface area contributed by atoms with Crippen LogP contribution in [0.5, 0.6) is 0 Å². The molecule has 1 heterocycles. The van der Waals surface area contributed by atoms with Crippen molar-refractivity contribution >= 4 is 57.2 Å². The number of nitrogens with two attached hydrogens (primary N) is 1. The first kappa shape index (κ1) is 23.3. The van der Waals surface area contributed by atoms with E-state index in [0.717, 1.165) is 36.9 Å². The minimum atomic E-state index is -3.13. The predicted molar refractivity (Wildman–Crippen MR) is 119 cm³/mol. The van der Waals surface area contributed by atoms with Gasteiger partial charge in [0.25, 0.3) is 0 Å². The summed E-state index contributed by atoms with van der Waals surface area (Å²) in [5, 5.41) is 0.736. The molecule has 1 aliphatic heterocycles. The molecule has 148 valence electrons. The molecule has 0 unspecified atom stereocenters. The normalized spacial score (nSPS) is 15.7. The second-order valence-electron chi connectivity index (χ2n) is 5.84. The van der Waals surface area contributed by atoms with Gasteiger partial charge in [-0.05, 0) is 37.6 Å². The highest BCUT2D eigenvalue weighted by Crippen LogP contribution is 2.19. The Morgan fingerprint density at radius 2 is 1.85 bits per heavy atom. The first-order valence-electron chi connectivity index (χ1n) is 8.44. The van der Waals surface area contributed by atoms with Gasteiger partial charge in [0, 0.05) is 50.0 Å². The SMILES string of the molecule is CCS(=O)(=O)NCCCN=C(N)N1CCN(c2ccc(Cl)cc2)CC1.I. The van der Waals surface area contributed by atoms with E-state index in [4.69, 9.17) is 17.3 Å². The summed E-state index contributed by atoms with van der Waals surface area (Å²) >= 11 is 5.92. The summed E-state index contributed by atoms with van der Waals surface area (Å²) in [5.74, 6) is 0.616. The van der Waals surface area contributed by atoms with Gasteiger partial charge in [-0.3, -0.25) is 4.99 Å². The predicted octanol–water partition coefficient (Wildman–Crippen LogP) is 1.72. The molecule has 0 atom stereocenters. The molecule has 1 aromatic carbocycles. The lowest BCUT2D eigenvalue weighted by atomic mass is 10.2. The molecule has 0 saturated carbocycles. The molecular formula is C16H27ClIN5O2S. The summed E-state index contributed by atoms with van der Waals surface area (Å²) in [5.41, 5.74) is 7.20. The molecule has 0 bridgehead atoms. The van der Waals surface area contributed by atoms with Crippen LogP contribution >= 0.6 is 35.6 Å². The zero-order chi connectivity index (χ0) is 18.3. The van der Waals surface area contributed by atoms with Crippen molar-refractivity contribution in [3.63, 3.8) is 0 Å². The second kappa shape index (κ2) is 11.2. The summed E-state index contributed by atoms with van der Waals surface area (Å²) in [6.45, 7) is 5.86. The number of rotatable bonds is 7. The largest absolute Gasteiger partial charge is 0.370 e. The van der Waals surface area contributed by atoms with E-state index in [1.165, 1.54) is 0 Å². The number of piperazine rings is 1. The third-order valence-corrected chi connectivity index (χ3v) is 5.76. The minimum Gasteiger partial charge on any atom is -0.370 e. The van der Waals surface area contributed by atoms with Crippen molar-refractivity contribution in [2.24, 2.45) is 10.7 Å². The second-order valence-corrected chi connectivity index (χ2v) is 8.37. The molecule has 1 aliphatic rings. The summed E-state index contributed by atoms with van der Waals surface area (Å²) in [7, 11) is -3.13. The molecule has 0 aromatic heterocycles. The van der Waals surface area contributed by atoms with Crippen LogP contribution in [-0.4, -0.2) is 64.3 Å². The topological polar surface area (TPSA) is 91.0 Å². The minimum absolute atomic E-state index is 0. The average Bonchev–Trinajstić information content (AvgIpc) is 2.62. The molecule has 1 aromatic rings. The van der Waals surface area contributed by atoms with Crippen molar-refractivity contribution in [3.8, 4) is 0 Å². The number of aliphatic imine (C=N–C) groups is 1. The Kier molecular flexibility index (Phi) is 9.98. The Hall–Kier alpha value is -0.780. The van der Waals surface area contributed by atoms with Gasteiger partial charge in [0.2, 0.25) is 10.0 Å². The van der Waals surface area contributed by atoms with E-state index in [1.807, 2.05) is 24.3 Å². The summed E-state index contributed by atoms with van der Waals surface area (Å²) < 4.78 is 25.2. The average molecular weight is 516 g/mol. The summed E-state index contributed by atoms with van der Waals surface area (Å²) in [6.07, 6.45) is 0.630. The highest BCUT2D eigenvalue weighted by molar-refractivity contribution is 14.0. The van der Waals surface area contributed by atoms with E-state index >= 15 is 0 Å². The van der Waals surface area contributed by atoms with E-state index < -0.39 is 10.0 Å². The zero-order valence-corrected chi connectivity index (χ0v) is 18.8. The molecule has 7 nitrogen and oxygen atoms in total. The number of nitrogens with zero attached hydrogens (tertiary/aromatic N) is 3. The number of nitrogens with one attached hydrogen (secondary N) is 1. The molecule has 26 heavy (non-hydrogen) atoms. The smallest absolute Gasteiger partial charge is 0.211 e. The molecule has 0 amide bonds. The first-order valence-corrected chi connectivity index (χ1v) is 10.5. The molecule has 1 saturated heterocycles. The van der Waals surface area contributed by atoms with Gasteiger partial charge in [-0.15, -0.1) is 24.0 Å². The van der Waals surface area contributed by atoms with Crippen LogP contribution in [0.4, 0.5) is 5.69 Å². The van der Waals surface area contributed by atoms with E-state index in [9.17, 15) is 8.42 Å². The van der Waals surface area contributed by atoms with E-state index in [-0.39, 0.29) is 29.7 Å². The maximum absolute atomic E-state index is 11.3. The van der Waals surface area contributed by atoms with E-state index in [2.05, 4.69) is 19.5 Å². The van der Waals surface area contributed by atoms with E-state index in [1.54, 1.807) is 6.92 Å². The number of hydrogen-bond acceptors (Lipinski definition) is 4. The van der Waals surface area contributed by atoms with Crippen molar-refractivity contribution in [1.82, 2.24) is 9.62 Å². The van der Waals surface area contributed by atoms with Crippen LogP contribution in [0.25, 0.3) is 0 Å². The van der Waals surface area contributed by atoms with Gasteiger partial charge in [-0.1, -0.05) is 11.6 Å². The third-order valence-electron chi connectivity index (χ3n) is 4.11. The fourth-order valence-corrected chi connectivity index (χ4v) is 3.33. The molecule has 0 spiro atoms. The Morgan fingerprint density at radius 1 is 1.23 bits per heavy atom. The Labute approximate surface area is 178 Å². The van der Waals surface area contributed by atoms with Crippen molar-refractivity contribution in [1.29, 1.82) is 0 Å². The molecular weight excluding hydrogens is 489 g/mol. The van der Waals surface area contributed by atoms with Gasteiger partial charge < -0.3 is 15.5 Å². The fraction of sp³-hybridized carbons (Fsp3) is 0.562. The number of sulfonamides is 1. The number of benzene rings is 1. The zero-order valence-electron chi connectivity index (χ0n) is 14.9. The standard InChI is InChI=1S/C16H26ClN5O2S.HI/c1-2-25(23,24)20-9-3-8-19-16(18)22-12-10-21(11-13-22)15-6-4-14(17)5-7-15;/h4-7,20H,2-3,8-13H2,1H3,(H2,18,19);1H. The van der Waals surface area contributed by atoms with Crippen molar-refractivity contribution in [3.05, 3.63) is 29.3 Å². The number of hydrogen-bond donors (Lipinski definition) is 2. The Bertz CT molecular complexity index is 676. The van der Waals surface area contributed by atoms with E-state index in [0.29, 0.717) is 25.5 Å². The molecule has 0 aliphatic carbocycles. The molecule has 2 rings (SSSR count). The Morgan fingerprint density at radius 3 is 2.42 bits per heavy atom. The summed E-state index contributed by atoms with van der Waals surface area (Å²) in [6, 6.07) is 7.83. The highest BCUT2D eigenvalue weighted by atomic mass is 127. The quantitative estimate of drug-likeness (QED) is 0.250. The summed E-state index contributed by atoms with van der Waals surface area (Å²) in [4.78, 5) is 8.70. The fourth-order valence-electron chi connectivity index (χ4n) is 2.55. The van der Waals surface area contributed by atoms with Crippen LogP contribution in [0.2, 0.25) is 5.02 Å². The molecule has 1 fully saturated rings. The van der Waals surface area contributed by atoms with Gasteiger partial charge in [0.05, 0.1) is 5.75 Å². The van der Waals surface area contributed by atoms with Gasteiger partial charge in [-0.25, -0.2) is 13.1 Å². The first-order chi connectivity index (χ1) is 11.9. The highest BCUT2D eigenvalue weighted by Gasteiger charge is 2.18. The molecule has 10 heteroatoms. The lowest BCUT2D eigenvalue weighted by Crippen LogP contribution is -2.51. The Balaban J connectivity index is 0.00000338. The number of anilines is 1. The number of guanidine groups is 1. The van der Waals surface area contributed by atoms with Gasteiger partial charge in [0.15, 0.2) is 5.96 Å². The van der Waals surface area contributed by atoms with Gasteiger partial charge in [-0.2, -0.15) is 0 Å². The third kappa shape index (κ3) is 7.45. The van der Waals surface area contributed by atoms with Crippen LogP contribution in [0.1, 0.15) is 13.3 Å². The number of halogens is 2. The van der Waals surface area contributed by atoms with Gasteiger partial charge in [0.1, 0.15) is 0 Å². The van der Waals surface area contributed by atoms with Crippen molar-refractivity contribution in [2.75, 3.05) is 49.9 Å². The lowest BCUT2D eigenvalue weighted by molar-refractivity contribution is 0.380. The maximum Gasteiger partial charge on any atom is 0.211 e. The monoisotopic (exact) mass is 515 g/mol. The molecule has 3 N–H and O–H groups in total. The van der Waals surface area contributed by atoms with Gasteiger partial charge >= 0.3 is 0 Å². The maximum atomic E-state index is 11.3. The lowest BCUT2D eigenvalue weighted by Gasteiger charge is -2.36. The van der Waals surface area contributed by atoms with Crippen LogP contribution < -0.4 is 15.4 Å². The van der Waals surface area contributed by atoms with Crippen molar-refractivity contribution in [2.45, 2.75) is 13.3 Å². The van der Waals surface area contributed by atoms with Crippen LogP contribution in [0.3, 0.4) is 0 Å². The van der Waals surface area contributed by atoms with Crippen LogP contribution in [0.15, 0.2) is 29.3 Å². The molecule has 0 radical (unpaired) electrons.